The summed E-state index contributed by atoms with van der Waals surface area (Å²) in [6.45, 7) is 0. The molecule has 18 heavy (non-hydrogen) atoms. The topological polar surface area (TPSA) is 81.7 Å². The minimum atomic E-state index is -3.44. The van der Waals surface area contributed by atoms with Gasteiger partial charge in [-0.05, 0) is 30.4 Å². The molecule has 94 valence electrons. The van der Waals surface area contributed by atoms with E-state index in [1.807, 2.05) is 12.1 Å². The molecule has 0 bridgehead atoms. The molecule has 0 spiro atoms. The molecule has 0 aliphatic heterocycles. The van der Waals surface area contributed by atoms with Gasteiger partial charge in [-0.15, -0.1) is 11.8 Å². The summed E-state index contributed by atoms with van der Waals surface area (Å²) in [5.41, 5.74) is 0.664. The van der Waals surface area contributed by atoms with Crippen LogP contribution >= 0.6 is 22.4 Å². The summed E-state index contributed by atoms with van der Waals surface area (Å²) in [5.74, 6) is 0.520. The number of hydrogen-bond acceptors (Lipinski definition) is 5. The fourth-order valence-corrected chi connectivity index (χ4v) is 3.11. The van der Waals surface area contributed by atoms with Gasteiger partial charge in [-0.3, -0.25) is 0 Å². The maximum absolute atomic E-state index is 10.7. The van der Waals surface area contributed by atoms with Crippen LogP contribution < -0.4 is 0 Å². The zero-order valence-electron chi connectivity index (χ0n) is 9.26. The number of nitriles is 2. The van der Waals surface area contributed by atoms with Crippen molar-refractivity contribution in [3.05, 3.63) is 29.3 Å². The van der Waals surface area contributed by atoms with E-state index in [1.54, 1.807) is 18.2 Å². The smallest absolute Gasteiger partial charge is 0.212 e. The van der Waals surface area contributed by atoms with Crippen molar-refractivity contribution in [1.82, 2.24) is 0 Å². The molecule has 0 aromatic heterocycles. The van der Waals surface area contributed by atoms with Crippen molar-refractivity contribution in [3.8, 4) is 12.1 Å². The van der Waals surface area contributed by atoms with Crippen LogP contribution in [0.3, 0.4) is 0 Å². The first-order valence-corrected chi connectivity index (χ1v) is 8.42. The Bertz CT molecular complexity index is 615. The fourth-order valence-electron chi connectivity index (χ4n) is 1.22. The lowest BCUT2D eigenvalue weighted by atomic mass is 10.1. The van der Waals surface area contributed by atoms with E-state index in [0.29, 0.717) is 23.3 Å². The Hall–Kier alpha value is -1.21. The predicted octanol–water partition coefficient (Wildman–Crippen LogP) is 2.48. The lowest BCUT2D eigenvalue weighted by Gasteiger charge is -2.02. The van der Waals surface area contributed by atoms with Crippen molar-refractivity contribution in [2.75, 3.05) is 11.5 Å². The SMILES string of the molecule is N#Cc1ccc(SCCCS(=O)(=O)Cl)cc1C#N. The van der Waals surface area contributed by atoms with Crippen LogP contribution in [0.1, 0.15) is 17.5 Å². The van der Waals surface area contributed by atoms with Gasteiger partial charge in [0.05, 0.1) is 16.9 Å². The van der Waals surface area contributed by atoms with E-state index < -0.39 is 9.05 Å². The average molecular weight is 301 g/mol. The van der Waals surface area contributed by atoms with E-state index in [2.05, 4.69) is 0 Å². The Balaban J connectivity index is 2.60. The van der Waals surface area contributed by atoms with Crippen LogP contribution in [0.4, 0.5) is 0 Å². The molecule has 1 aromatic rings. The van der Waals surface area contributed by atoms with Gasteiger partial charge in [-0.1, -0.05) is 0 Å². The van der Waals surface area contributed by atoms with Crippen molar-refractivity contribution in [3.63, 3.8) is 0 Å². The van der Waals surface area contributed by atoms with E-state index in [4.69, 9.17) is 21.2 Å². The van der Waals surface area contributed by atoms with Crippen molar-refractivity contribution < 1.29 is 8.42 Å². The van der Waals surface area contributed by atoms with Gasteiger partial charge in [0, 0.05) is 15.6 Å². The summed E-state index contributed by atoms with van der Waals surface area (Å²) in [5, 5.41) is 17.6. The third kappa shape index (κ3) is 4.97. The number of thioether (sulfide) groups is 1. The zero-order valence-corrected chi connectivity index (χ0v) is 11.6. The molecular weight excluding hydrogens is 292 g/mol. The van der Waals surface area contributed by atoms with E-state index in [9.17, 15) is 8.42 Å². The van der Waals surface area contributed by atoms with E-state index >= 15 is 0 Å². The van der Waals surface area contributed by atoms with Gasteiger partial charge in [0.1, 0.15) is 12.1 Å². The minimum Gasteiger partial charge on any atom is -0.212 e. The number of nitrogens with zero attached hydrogens (tertiary/aromatic N) is 2. The summed E-state index contributed by atoms with van der Waals surface area (Å²) in [6, 6.07) is 8.82. The largest absolute Gasteiger partial charge is 0.232 e. The molecule has 0 aliphatic rings. The van der Waals surface area contributed by atoms with E-state index in [0.717, 1.165) is 4.90 Å². The fraction of sp³-hybridized carbons (Fsp3) is 0.273. The van der Waals surface area contributed by atoms with Crippen LogP contribution in [-0.4, -0.2) is 19.9 Å². The van der Waals surface area contributed by atoms with Gasteiger partial charge in [-0.2, -0.15) is 10.5 Å². The normalized spacial score (nSPS) is 10.6. The first kappa shape index (κ1) is 14.8. The van der Waals surface area contributed by atoms with Crippen LogP contribution in [0.2, 0.25) is 0 Å². The predicted molar refractivity (Wildman–Crippen MR) is 70.9 cm³/mol. The number of rotatable bonds is 5. The maximum Gasteiger partial charge on any atom is 0.232 e. The highest BCUT2D eigenvalue weighted by Gasteiger charge is 2.06. The molecule has 4 nitrogen and oxygen atoms in total. The molecule has 0 aliphatic carbocycles. The second-order valence-corrected chi connectivity index (χ2v) is 7.44. The summed E-state index contributed by atoms with van der Waals surface area (Å²) >= 11 is 1.43. The summed E-state index contributed by atoms with van der Waals surface area (Å²) in [7, 11) is 1.65. The second-order valence-electron chi connectivity index (χ2n) is 3.38. The maximum atomic E-state index is 10.7. The summed E-state index contributed by atoms with van der Waals surface area (Å²) in [6.07, 6.45) is 0.443. The first-order chi connectivity index (χ1) is 8.46. The quantitative estimate of drug-likeness (QED) is 0.474. The Morgan fingerprint density at radius 2 is 1.89 bits per heavy atom. The van der Waals surface area contributed by atoms with Crippen molar-refractivity contribution in [2.24, 2.45) is 0 Å². The first-order valence-electron chi connectivity index (χ1n) is 4.95. The van der Waals surface area contributed by atoms with Crippen LogP contribution in [0.25, 0.3) is 0 Å². The lowest BCUT2D eigenvalue weighted by molar-refractivity contribution is 0.608. The average Bonchev–Trinajstić information content (AvgIpc) is 2.33. The third-order valence-electron chi connectivity index (χ3n) is 2.03. The minimum absolute atomic E-state index is 0.0665. The molecule has 0 radical (unpaired) electrons. The monoisotopic (exact) mass is 300 g/mol. The molecule has 0 amide bonds. The van der Waals surface area contributed by atoms with E-state index in [1.165, 1.54) is 11.8 Å². The highest BCUT2D eigenvalue weighted by molar-refractivity contribution is 8.13. The molecule has 0 unspecified atom stereocenters. The third-order valence-corrected chi connectivity index (χ3v) is 4.35. The van der Waals surface area contributed by atoms with Gasteiger partial charge in [0.2, 0.25) is 9.05 Å². The van der Waals surface area contributed by atoms with Crippen LogP contribution in [0.5, 0.6) is 0 Å². The lowest BCUT2D eigenvalue weighted by Crippen LogP contribution is -1.98. The molecule has 0 atom stereocenters. The van der Waals surface area contributed by atoms with Crippen LogP contribution in [0.15, 0.2) is 23.1 Å². The molecule has 0 saturated heterocycles. The van der Waals surface area contributed by atoms with Crippen LogP contribution in [-0.2, 0) is 9.05 Å². The highest BCUT2D eigenvalue weighted by Crippen LogP contribution is 2.22. The molecular formula is C11H9ClN2O2S2. The highest BCUT2D eigenvalue weighted by atomic mass is 35.7. The Kier molecular flexibility index (Phi) is 5.49. The Morgan fingerprint density at radius 1 is 1.22 bits per heavy atom. The molecule has 1 aromatic carbocycles. The van der Waals surface area contributed by atoms with Gasteiger partial charge in [0.25, 0.3) is 0 Å². The molecule has 0 saturated carbocycles. The molecule has 0 fully saturated rings. The van der Waals surface area contributed by atoms with Crippen molar-refractivity contribution in [2.45, 2.75) is 11.3 Å². The van der Waals surface area contributed by atoms with Crippen molar-refractivity contribution in [1.29, 1.82) is 10.5 Å². The Morgan fingerprint density at radius 3 is 2.44 bits per heavy atom. The summed E-state index contributed by atoms with van der Waals surface area (Å²) in [4.78, 5) is 0.831. The number of halogens is 1. The molecule has 1 rings (SSSR count). The van der Waals surface area contributed by atoms with Gasteiger partial charge in [-0.25, -0.2) is 8.42 Å². The van der Waals surface area contributed by atoms with Gasteiger partial charge in [0.15, 0.2) is 0 Å². The molecule has 0 heterocycles. The van der Waals surface area contributed by atoms with Gasteiger partial charge < -0.3 is 0 Å². The molecule has 0 N–H and O–H groups in total. The second kappa shape index (κ2) is 6.65. The Labute approximate surface area is 115 Å². The van der Waals surface area contributed by atoms with E-state index in [-0.39, 0.29) is 5.75 Å². The zero-order chi connectivity index (χ0) is 13.6. The van der Waals surface area contributed by atoms with Gasteiger partial charge >= 0.3 is 0 Å². The number of benzene rings is 1. The number of hydrogen-bond donors (Lipinski definition) is 0. The summed E-state index contributed by atoms with van der Waals surface area (Å²) < 4.78 is 21.4. The standard InChI is InChI=1S/C11H9ClN2O2S2/c12-18(15,16)5-1-4-17-11-3-2-9(7-13)10(6-11)8-14/h2-3,6H,1,4-5H2. The van der Waals surface area contributed by atoms with Crippen molar-refractivity contribution >= 4 is 31.5 Å². The molecule has 7 heteroatoms. The van der Waals surface area contributed by atoms with Crippen LogP contribution in [0, 0.1) is 22.7 Å².